The average Bonchev–Trinajstić information content (AvgIpc) is 2.04. The van der Waals surface area contributed by atoms with Crippen LogP contribution in [0.5, 0.6) is 0 Å². The van der Waals surface area contributed by atoms with Gasteiger partial charge in [0.15, 0.2) is 5.71 Å². The van der Waals surface area contributed by atoms with Crippen LogP contribution in [0.1, 0.15) is 0 Å². The van der Waals surface area contributed by atoms with Gasteiger partial charge in [-0.05, 0) is 6.08 Å². The lowest BCUT2D eigenvalue weighted by atomic mass is 10.2. The smallest absolute Gasteiger partial charge is 0.272 e. The number of ether oxygens (including phenoxy) is 1. The summed E-state index contributed by atoms with van der Waals surface area (Å²) in [5, 5.41) is 3.68. The molecule has 5 heteroatoms. The molecule has 1 amide bonds. The molecule has 0 aliphatic carbocycles. The number of hydrazone groups is 1. The fourth-order valence-electron chi connectivity index (χ4n) is 0.771. The molecule has 0 fully saturated rings. The molecule has 0 atom stereocenters. The lowest BCUT2D eigenvalue weighted by Gasteiger charge is -2.11. The normalized spacial score (nSPS) is 16.1. The molecule has 11 heavy (non-hydrogen) atoms. The van der Waals surface area contributed by atoms with Crippen LogP contribution < -0.4 is 11.2 Å². The molecule has 1 aliphatic heterocycles. The quantitative estimate of drug-likeness (QED) is 0.534. The Labute approximate surface area is 63.9 Å². The van der Waals surface area contributed by atoms with Gasteiger partial charge in [-0.2, -0.15) is 5.10 Å². The summed E-state index contributed by atoms with van der Waals surface area (Å²) < 4.78 is 4.85. The van der Waals surface area contributed by atoms with Crippen LogP contribution in [0.25, 0.3) is 0 Å². The van der Waals surface area contributed by atoms with Crippen LogP contribution in [0, 0.1) is 0 Å². The number of hydrogen-bond donors (Lipinski definition) is 2. The van der Waals surface area contributed by atoms with Crippen LogP contribution in [-0.4, -0.2) is 25.3 Å². The summed E-state index contributed by atoms with van der Waals surface area (Å²) in [5.74, 6) is -0.165. The summed E-state index contributed by atoms with van der Waals surface area (Å²) in [5.41, 5.74) is 7.75. The summed E-state index contributed by atoms with van der Waals surface area (Å²) in [6, 6.07) is 0. The lowest BCUT2D eigenvalue weighted by Crippen LogP contribution is -2.31. The highest BCUT2D eigenvalue weighted by atomic mass is 16.5. The Morgan fingerprint density at radius 3 is 3.09 bits per heavy atom. The fourth-order valence-corrected chi connectivity index (χ4v) is 0.771. The van der Waals surface area contributed by atoms with E-state index in [1.165, 1.54) is 7.11 Å². The number of methoxy groups -OCH3 is 1. The van der Waals surface area contributed by atoms with Crippen molar-refractivity contribution in [2.24, 2.45) is 10.8 Å². The number of amides is 1. The van der Waals surface area contributed by atoms with Gasteiger partial charge in [0.25, 0.3) is 5.91 Å². The third-order valence-corrected chi connectivity index (χ3v) is 1.26. The van der Waals surface area contributed by atoms with Gasteiger partial charge in [-0.15, -0.1) is 0 Å². The van der Waals surface area contributed by atoms with E-state index in [-0.39, 0.29) is 5.71 Å². The maximum Gasteiger partial charge on any atom is 0.272 e. The predicted molar refractivity (Wildman–Crippen MR) is 39.7 cm³/mol. The van der Waals surface area contributed by atoms with E-state index < -0.39 is 5.91 Å². The Morgan fingerprint density at radius 1 is 1.91 bits per heavy atom. The predicted octanol–water partition coefficient (Wildman–Crippen LogP) is -1.04. The molecule has 0 aromatic rings. The molecule has 0 saturated carbocycles. The Bertz CT molecular complexity index is 232. The molecule has 0 saturated heterocycles. The summed E-state index contributed by atoms with van der Waals surface area (Å²) >= 11 is 0. The van der Waals surface area contributed by atoms with Crippen LogP contribution in [0.3, 0.4) is 0 Å². The SMILES string of the molecule is COC1=CCNN=C1C(N)=O. The molecule has 0 bridgehead atoms. The van der Waals surface area contributed by atoms with Gasteiger partial charge in [0.05, 0.1) is 13.7 Å². The van der Waals surface area contributed by atoms with Crippen LogP contribution in [0.15, 0.2) is 16.9 Å². The first-order chi connectivity index (χ1) is 5.25. The van der Waals surface area contributed by atoms with Crippen molar-refractivity contribution in [3.8, 4) is 0 Å². The third-order valence-electron chi connectivity index (χ3n) is 1.26. The van der Waals surface area contributed by atoms with Crippen molar-refractivity contribution in [1.29, 1.82) is 0 Å². The Kier molecular flexibility index (Phi) is 2.10. The Balaban J connectivity index is 2.83. The first-order valence-electron chi connectivity index (χ1n) is 3.10. The van der Waals surface area contributed by atoms with Crippen LogP contribution >= 0.6 is 0 Å². The van der Waals surface area contributed by atoms with E-state index in [1.54, 1.807) is 6.08 Å². The topological polar surface area (TPSA) is 76.7 Å². The van der Waals surface area contributed by atoms with Gasteiger partial charge in [0.1, 0.15) is 5.76 Å². The number of nitrogens with zero attached hydrogens (tertiary/aromatic N) is 1. The summed E-state index contributed by atoms with van der Waals surface area (Å²) in [7, 11) is 1.47. The van der Waals surface area contributed by atoms with Crippen molar-refractivity contribution in [2.75, 3.05) is 13.7 Å². The van der Waals surface area contributed by atoms with Gasteiger partial charge in [0.2, 0.25) is 0 Å². The molecule has 60 valence electrons. The number of nitrogens with one attached hydrogen (secondary N) is 1. The van der Waals surface area contributed by atoms with E-state index in [0.717, 1.165) is 0 Å². The molecular weight excluding hydrogens is 146 g/mol. The number of nitrogens with two attached hydrogens (primary N) is 1. The standard InChI is InChI=1S/C6H9N3O2/c1-11-4-2-3-8-9-5(4)6(7)10/h2,8H,3H2,1H3,(H2,7,10). The van der Waals surface area contributed by atoms with Gasteiger partial charge in [-0.3, -0.25) is 4.79 Å². The monoisotopic (exact) mass is 155 g/mol. The summed E-state index contributed by atoms with van der Waals surface area (Å²) in [6.45, 7) is 0.556. The summed E-state index contributed by atoms with van der Waals surface area (Å²) in [4.78, 5) is 10.7. The zero-order valence-corrected chi connectivity index (χ0v) is 6.13. The second kappa shape index (κ2) is 3.05. The minimum Gasteiger partial charge on any atom is -0.494 e. The number of rotatable bonds is 2. The summed E-state index contributed by atoms with van der Waals surface area (Å²) in [6.07, 6.45) is 1.70. The van der Waals surface area contributed by atoms with Crippen LogP contribution in [-0.2, 0) is 9.53 Å². The highest BCUT2D eigenvalue weighted by Crippen LogP contribution is 2.01. The maximum atomic E-state index is 10.7. The largest absolute Gasteiger partial charge is 0.494 e. The third kappa shape index (κ3) is 1.49. The molecule has 0 radical (unpaired) electrons. The van der Waals surface area contributed by atoms with E-state index in [2.05, 4.69) is 10.5 Å². The fraction of sp³-hybridized carbons (Fsp3) is 0.333. The zero-order valence-electron chi connectivity index (χ0n) is 6.13. The molecule has 1 rings (SSSR count). The number of carbonyl (C=O) groups is 1. The molecular formula is C6H9N3O2. The molecule has 0 unspecified atom stereocenters. The molecule has 1 aliphatic rings. The Hall–Kier alpha value is -1.52. The van der Waals surface area contributed by atoms with Gasteiger partial charge in [-0.25, -0.2) is 0 Å². The highest BCUT2D eigenvalue weighted by molar-refractivity contribution is 6.44. The van der Waals surface area contributed by atoms with E-state index in [0.29, 0.717) is 12.3 Å². The van der Waals surface area contributed by atoms with Crippen molar-refractivity contribution in [3.05, 3.63) is 11.8 Å². The molecule has 5 nitrogen and oxygen atoms in total. The molecule has 0 aromatic carbocycles. The first-order valence-corrected chi connectivity index (χ1v) is 3.10. The number of primary amides is 1. The Morgan fingerprint density at radius 2 is 2.64 bits per heavy atom. The van der Waals surface area contributed by atoms with Gasteiger partial charge < -0.3 is 15.9 Å². The van der Waals surface area contributed by atoms with Gasteiger partial charge in [0, 0.05) is 0 Å². The number of hydrogen-bond acceptors (Lipinski definition) is 4. The van der Waals surface area contributed by atoms with Crippen molar-refractivity contribution in [3.63, 3.8) is 0 Å². The number of carbonyl (C=O) groups excluding carboxylic acids is 1. The van der Waals surface area contributed by atoms with E-state index >= 15 is 0 Å². The van der Waals surface area contributed by atoms with E-state index in [4.69, 9.17) is 10.5 Å². The minimum absolute atomic E-state index is 0.138. The van der Waals surface area contributed by atoms with E-state index in [9.17, 15) is 4.79 Å². The molecule has 0 aromatic heterocycles. The second-order valence-electron chi connectivity index (χ2n) is 1.96. The van der Waals surface area contributed by atoms with Gasteiger partial charge in [-0.1, -0.05) is 0 Å². The minimum atomic E-state index is -0.592. The second-order valence-corrected chi connectivity index (χ2v) is 1.96. The van der Waals surface area contributed by atoms with Gasteiger partial charge >= 0.3 is 0 Å². The molecule has 3 N–H and O–H groups in total. The highest BCUT2D eigenvalue weighted by Gasteiger charge is 2.16. The van der Waals surface area contributed by atoms with Crippen molar-refractivity contribution < 1.29 is 9.53 Å². The molecule has 1 heterocycles. The average molecular weight is 155 g/mol. The van der Waals surface area contributed by atoms with Crippen molar-refractivity contribution in [1.82, 2.24) is 5.43 Å². The lowest BCUT2D eigenvalue weighted by molar-refractivity contribution is -0.112. The van der Waals surface area contributed by atoms with Crippen LogP contribution in [0.2, 0.25) is 0 Å². The zero-order chi connectivity index (χ0) is 8.27. The first kappa shape index (κ1) is 7.59. The van der Waals surface area contributed by atoms with Crippen LogP contribution in [0.4, 0.5) is 0 Å². The van der Waals surface area contributed by atoms with E-state index in [1.807, 2.05) is 0 Å². The van der Waals surface area contributed by atoms with Crippen molar-refractivity contribution in [2.45, 2.75) is 0 Å². The maximum absolute atomic E-state index is 10.7. The molecule has 0 spiro atoms. The van der Waals surface area contributed by atoms with Crippen molar-refractivity contribution >= 4 is 11.6 Å².